The van der Waals surface area contributed by atoms with E-state index in [2.05, 4.69) is 19.2 Å². The molecule has 0 saturated heterocycles. The normalized spacial score (nSPS) is 12.3. The highest BCUT2D eigenvalue weighted by atomic mass is 35.5. The highest BCUT2D eigenvalue weighted by Crippen LogP contribution is 2.27. The van der Waals surface area contributed by atoms with Crippen molar-refractivity contribution >= 4 is 39.1 Å². The number of benzene rings is 3. The summed E-state index contributed by atoms with van der Waals surface area (Å²) in [5.74, 6) is -0.596. The molecule has 2 amide bonds. The van der Waals surface area contributed by atoms with Gasteiger partial charge < -0.3 is 10.2 Å². The van der Waals surface area contributed by atoms with Gasteiger partial charge in [0.1, 0.15) is 12.6 Å². The molecule has 0 radical (unpaired) electrons. The van der Waals surface area contributed by atoms with Gasteiger partial charge in [0.05, 0.1) is 10.6 Å². The van der Waals surface area contributed by atoms with Crippen LogP contribution in [0.5, 0.6) is 0 Å². The zero-order valence-electron chi connectivity index (χ0n) is 23.9. The number of sulfonamides is 1. The number of anilines is 1. The standard InChI is InChI=1S/C31H38ClN3O4S/c1-21(2)26-12-14-28(15-13-26)35(40(38,39)29-16-10-23(5)11-17-29)20-30(36)34(24(6)31(37)33-22(3)4)19-25-8-7-9-27(32)18-25/h7-18,21-22,24H,19-20H2,1-6H3,(H,33,37). The maximum Gasteiger partial charge on any atom is 0.264 e. The zero-order chi connectivity index (χ0) is 29.6. The summed E-state index contributed by atoms with van der Waals surface area (Å²) in [5, 5.41) is 3.35. The van der Waals surface area contributed by atoms with E-state index in [0.717, 1.165) is 21.0 Å². The van der Waals surface area contributed by atoms with Crippen LogP contribution in [0, 0.1) is 6.92 Å². The quantitative estimate of drug-likeness (QED) is 0.304. The second-order valence-corrected chi connectivity index (χ2v) is 12.9. The zero-order valence-corrected chi connectivity index (χ0v) is 25.5. The van der Waals surface area contributed by atoms with Crippen LogP contribution in [0.3, 0.4) is 0 Å². The molecule has 0 saturated carbocycles. The number of nitrogens with zero attached hydrogens (tertiary/aromatic N) is 2. The van der Waals surface area contributed by atoms with Crippen LogP contribution in [-0.4, -0.2) is 43.8 Å². The summed E-state index contributed by atoms with van der Waals surface area (Å²) in [6.07, 6.45) is 0. The number of nitrogens with one attached hydrogen (secondary N) is 1. The SMILES string of the molecule is Cc1ccc(S(=O)(=O)N(CC(=O)N(Cc2cccc(Cl)c2)C(C)C(=O)NC(C)C)c2ccc(C(C)C)cc2)cc1. The lowest BCUT2D eigenvalue weighted by Crippen LogP contribution is -2.52. The molecule has 9 heteroatoms. The average molecular weight is 584 g/mol. The molecular formula is C31H38ClN3O4S. The van der Waals surface area contributed by atoms with Gasteiger partial charge in [-0.2, -0.15) is 0 Å². The predicted molar refractivity (Wildman–Crippen MR) is 161 cm³/mol. The largest absolute Gasteiger partial charge is 0.352 e. The lowest BCUT2D eigenvalue weighted by Gasteiger charge is -2.32. The molecule has 3 rings (SSSR count). The third-order valence-electron chi connectivity index (χ3n) is 6.58. The first-order chi connectivity index (χ1) is 18.8. The monoisotopic (exact) mass is 583 g/mol. The number of carbonyl (C=O) groups is 2. The Morgan fingerprint density at radius 1 is 0.900 bits per heavy atom. The van der Waals surface area contributed by atoms with Crippen molar-refractivity contribution in [3.05, 3.63) is 94.5 Å². The van der Waals surface area contributed by atoms with E-state index in [1.54, 1.807) is 49.4 Å². The van der Waals surface area contributed by atoms with Crippen LogP contribution >= 0.6 is 11.6 Å². The Morgan fingerprint density at radius 3 is 2.08 bits per heavy atom. The summed E-state index contributed by atoms with van der Waals surface area (Å²) in [5.41, 5.74) is 3.05. The second kappa shape index (κ2) is 13.3. The molecule has 0 aliphatic rings. The molecule has 0 aliphatic heterocycles. The van der Waals surface area contributed by atoms with Crippen LogP contribution in [-0.2, 0) is 26.2 Å². The van der Waals surface area contributed by atoms with Gasteiger partial charge in [-0.05, 0) is 81.1 Å². The predicted octanol–water partition coefficient (Wildman–Crippen LogP) is 5.91. The average Bonchev–Trinajstić information content (AvgIpc) is 2.89. The van der Waals surface area contributed by atoms with E-state index < -0.39 is 28.5 Å². The van der Waals surface area contributed by atoms with Crippen LogP contribution in [0.1, 0.15) is 57.2 Å². The molecule has 1 unspecified atom stereocenters. The van der Waals surface area contributed by atoms with Gasteiger partial charge in [0.25, 0.3) is 10.0 Å². The van der Waals surface area contributed by atoms with Crippen molar-refractivity contribution in [2.45, 2.75) is 71.0 Å². The van der Waals surface area contributed by atoms with Crippen LogP contribution in [0.4, 0.5) is 5.69 Å². The van der Waals surface area contributed by atoms with Gasteiger partial charge in [0.15, 0.2) is 0 Å². The Bertz CT molecular complexity index is 1420. The molecule has 0 spiro atoms. The third kappa shape index (κ3) is 7.86. The van der Waals surface area contributed by atoms with Crippen LogP contribution in [0.15, 0.2) is 77.7 Å². The van der Waals surface area contributed by atoms with E-state index in [1.165, 1.54) is 17.0 Å². The molecule has 0 fully saturated rings. The van der Waals surface area contributed by atoms with E-state index in [-0.39, 0.29) is 29.3 Å². The lowest BCUT2D eigenvalue weighted by atomic mass is 10.0. The first-order valence-corrected chi connectivity index (χ1v) is 15.1. The molecule has 7 nitrogen and oxygen atoms in total. The molecule has 1 atom stereocenters. The molecule has 0 bridgehead atoms. The molecule has 1 N–H and O–H groups in total. The fourth-order valence-electron chi connectivity index (χ4n) is 4.21. The maximum absolute atomic E-state index is 14.0. The molecule has 3 aromatic carbocycles. The lowest BCUT2D eigenvalue weighted by molar-refractivity contribution is -0.139. The molecule has 0 aromatic heterocycles. The summed E-state index contributed by atoms with van der Waals surface area (Å²) in [4.78, 5) is 28.4. The van der Waals surface area contributed by atoms with E-state index >= 15 is 0 Å². The van der Waals surface area contributed by atoms with Crippen LogP contribution < -0.4 is 9.62 Å². The summed E-state index contributed by atoms with van der Waals surface area (Å²) in [6, 6.07) is 19.7. The number of carbonyl (C=O) groups excluding carboxylic acids is 2. The first kappa shape index (κ1) is 31.2. The first-order valence-electron chi connectivity index (χ1n) is 13.3. The Balaban J connectivity index is 2.05. The Labute approximate surface area is 243 Å². The van der Waals surface area contributed by atoms with E-state index in [4.69, 9.17) is 11.6 Å². The van der Waals surface area contributed by atoms with Gasteiger partial charge in [-0.3, -0.25) is 13.9 Å². The Kier molecular flexibility index (Phi) is 10.4. The molecule has 214 valence electrons. The van der Waals surface area contributed by atoms with Crippen molar-refractivity contribution in [1.82, 2.24) is 10.2 Å². The number of amides is 2. The summed E-state index contributed by atoms with van der Waals surface area (Å²) >= 11 is 6.19. The molecule has 0 heterocycles. The van der Waals surface area contributed by atoms with Crippen molar-refractivity contribution in [3.8, 4) is 0 Å². The second-order valence-electron chi connectivity index (χ2n) is 10.6. The number of aryl methyl sites for hydroxylation is 1. The summed E-state index contributed by atoms with van der Waals surface area (Å²) in [6.45, 7) is 10.9. The minimum atomic E-state index is -4.11. The number of halogens is 1. The number of hydrogen-bond donors (Lipinski definition) is 1. The smallest absolute Gasteiger partial charge is 0.264 e. The molecule has 3 aromatic rings. The van der Waals surface area contributed by atoms with Gasteiger partial charge >= 0.3 is 0 Å². The van der Waals surface area contributed by atoms with Crippen molar-refractivity contribution in [2.24, 2.45) is 0 Å². The van der Waals surface area contributed by atoms with E-state index in [1.807, 2.05) is 39.0 Å². The fraction of sp³-hybridized carbons (Fsp3) is 0.355. The van der Waals surface area contributed by atoms with Gasteiger partial charge in [-0.25, -0.2) is 8.42 Å². The van der Waals surface area contributed by atoms with Crippen LogP contribution in [0.2, 0.25) is 5.02 Å². The molecule has 40 heavy (non-hydrogen) atoms. The molecular weight excluding hydrogens is 546 g/mol. The summed E-state index contributed by atoms with van der Waals surface area (Å²) < 4.78 is 29.0. The van der Waals surface area contributed by atoms with Gasteiger partial charge in [-0.1, -0.05) is 67.4 Å². The minimum Gasteiger partial charge on any atom is -0.352 e. The number of hydrogen-bond acceptors (Lipinski definition) is 4. The Hall–Kier alpha value is -3.36. The Morgan fingerprint density at radius 2 is 1.52 bits per heavy atom. The van der Waals surface area contributed by atoms with E-state index in [9.17, 15) is 18.0 Å². The number of rotatable bonds is 11. The maximum atomic E-state index is 14.0. The summed E-state index contributed by atoms with van der Waals surface area (Å²) in [7, 11) is -4.11. The van der Waals surface area contributed by atoms with Crippen LogP contribution in [0.25, 0.3) is 0 Å². The highest BCUT2D eigenvalue weighted by molar-refractivity contribution is 7.92. The van der Waals surface area contributed by atoms with Gasteiger partial charge in [0.2, 0.25) is 11.8 Å². The minimum absolute atomic E-state index is 0.0748. The van der Waals surface area contributed by atoms with Crippen molar-refractivity contribution in [2.75, 3.05) is 10.8 Å². The van der Waals surface area contributed by atoms with Gasteiger partial charge in [-0.15, -0.1) is 0 Å². The van der Waals surface area contributed by atoms with Crippen molar-refractivity contribution in [3.63, 3.8) is 0 Å². The molecule has 0 aliphatic carbocycles. The fourth-order valence-corrected chi connectivity index (χ4v) is 5.84. The third-order valence-corrected chi connectivity index (χ3v) is 8.60. The van der Waals surface area contributed by atoms with E-state index in [0.29, 0.717) is 10.7 Å². The van der Waals surface area contributed by atoms with Crippen molar-refractivity contribution in [1.29, 1.82) is 0 Å². The van der Waals surface area contributed by atoms with Gasteiger partial charge in [0, 0.05) is 17.6 Å². The topological polar surface area (TPSA) is 86.8 Å². The van der Waals surface area contributed by atoms with Crippen molar-refractivity contribution < 1.29 is 18.0 Å². The highest BCUT2D eigenvalue weighted by Gasteiger charge is 2.32.